The van der Waals surface area contributed by atoms with Crippen LogP contribution in [0.2, 0.25) is 0 Å². The van der Waals surface area contributed by atoms with Crippen molar-refractivity contribution in [3.05, 3.63) is 57.6 Å². The smallest absolute Gasteiger partial charge is 0.328 e. The zero-order chi connectivity index (χ0) is 26.4. The van der Waals surface area contributed by atoms with Crippen molar-refractivity contribution in [3.8, 4) is 11.5 Å². The molecule has 1 saturated heterocycles. The Labute approximate surface area is 213 Å². The third-order valence-corrected chi connectivity index (χ3v) is 6.91. The van der Waals surface area contributed by atoms with E-state index >= 15 is 0 Å². The van der Waals surface area contributed by atoms with Gasteiger partial charge in [-0.3, -0.25) is 9.59 Å². The summed E-state index contributed by atoms with van der Waals surface area (Å²) in [5.74, 6) is -0.186. The molecule has 0 aromatic heterocycles. The lowest BCUT2D eigenvalue weighted by Crippen LogP contribution is -2.51. The first-order valence-corrected chi connectivity index (χ1v) is 12.5. The third kappa shape index (κ3) is 6.07. The van der Waals surface area contributed by atoms with Crippen LogP contribution in [0.25, 0.3) is 0 Å². The normalized spacial score (nSPS) is 15.4. The summed E-state index contributed by atoms with van der Waals surface area (Å²) in [6, 6.07) is 6.71. The number of esters is 1. The second kappa shape index (κ2) is 12.1. The molecule has 1 heterocycles. The SMILES string of the molecule is COc1cc(CCCOC(=O)C2CCCCN2C(=O)C(=O)c2cc(C)c(OC)c(C)c2)cc(C)c1C. The lowest BCUT2D eigenvalue weighted by atomic mass is 9.98. The van der Waals surface area contributed by atoms with Crippen LogP contribution in [0.1, 0.15) is 63.9 Å². The van der Waals surface area contributed by atoms with Crippen molar-refractivity contribution in [2.45, 2.75) is 65.8 Å². The Bertz CT molecular complexity index is 1120. The van der Waals surface area contributed by atoms with Crippen molar-refractivity contribution in [2.75, 3.05) is 27.4 Å². The number of hydrogen-bond donors (Lipinski definition) is 0. The second-order valence-electron chi connectivity index (χ2n) is 9.49. The zero-order valence-corrected chi connectivity index (χ0v) is 22.2. The van der Waals surface area contributed by atoms with Crippen LogP contribution in [0.15, 0.2) is 24.3 Å². The minimum absolute atomic E-state index is 0.247. The van der Waals surface area contributed by atoms with Gasteiger partial charge in [0.05, 0.1) is 20.8 Å². The van der Waals surface area contributed by atoms with E-state index in [9.17, 15) is 14.4 Å². The number of hydrogen-bond acceptors (Lipinski definition) is 6. The summed E-state index contributed by atoms with van der Waals surface area (Å²) >= 11 is 0. The topological polar surface area (TPSA) is 82.1 Å². The van der Waals surface area contributed by atoms with Crippen LogP contribution in [-0.2, 0) is 20.7 Å². The summed E-state index contributed by atoms with van der Waals surface area (Å²) in [4.78, 5) is 40.5. The van der Waals surface area contributed by atoms with Crippen molar-refractivity contribution >= 4 is 17.7 Å². The van der Waals surface area contributed by atoms with Crippen LogP contribution in [-0.4, -0.2) is 56.0 Å². The van der Waals surface area contributed by atoms with Gasteiger partial charge in [-0.15, -0.1) is 0 Å². The minimum atomic E-state index is -0.739. The van der Waals surface area contributed by atoms with Crippen molar-refractivity contribution in [1.29, 1.82) is 0 Å². The Morgan fingerprint density at radius 3 is 2.25 bits per heavy atom. The van der Waals surface area contributed by atoms with Gasteiger partial charge in [0.25, 0.3) is 5.91 Å². The van der Waals surface area contributed by atoms with Gasteiger partial charge in [-0.25, -0.2) is 4.79 Å². The number of ether oxygens (including phenoxy) is 3. The molecule has 194 valence electrons. The minimum Gasteiger partial charge on any atom is -0.496 e. The van der Waals surface area contributed by atoms with E-state index < -0.39 is 23.7 Å². The summed E-state index contributed by atoms with van der Waals surface area (Å²) in [5, 5.41) is 0. The Balaban J connectivity index is 1.62. The number of carbonyl (C=O) groups excluding carboxylic acids is 3. The maximum absolute atomic E-state index is 13.2. The third-order valence-electron chi connectivity index (χ3n) is 6.91. The van der Waals surface area contributed by atoms with E-state index in [-0.39, 0.29) is 6.61 Å². The van der Waals surface area contributed by atoms with Crippen LogP contribution in [0.5, 0.6) is 11.5 Å². The van der Waals surface area contributed by atoms with E-state index in [1.807, 2.05) is 33.8 Å². The van der Waals surface area contributed by atoms with Gasteiger partial charge in [-0.2, -0.15) is 0 Å². The second-order valence-corrected chi connectivity index (χ2v) is 9.49. The number of ketones is 1. The van der Waals surface area contributed by atoms with Crippen molar-refractivity contribution < 1.29 is 28.6 Å². The fourth-order valence-electron chi connectivity index (χ4n) is 4.88. The zero-order valence-electron chi connectivity index (χ0n) is 22.2. The van der Waals surface area contributed by atoms with Crippen molar-refractivity contribution in [2.24, 2.45) is 0 Å². The van der Waals surface area contributed by atoms with Gasteiger partial charge < -0.3 is 19.1 Å². The molecular formula is C29H37NO6. The van der Waals surface area contributed by atoms with Gasteiger partial charge in [-0.05, 0) is 106 Å². The lowest BCUT2D eigenvalue weighted by molar-refractivity contribution is -0.155. The van der Waals surface area contributed by atoms with Gasteiger partial charge in [0.2, 0.25) is 5.78 Å². The fourth-order valence-corrected chi connectivity index (χ4v) is 4.88. The fraction of sp³-hybridized carbons (Fsp3) is 0.483. The predicted octanol–water partition coefficient (Wildman–Crippen LogP) is 4.68. The van der Waals surface area contributed by atoms with Crippen LogP contribution in [0.3, 0.4) is 0 Å². The van der Waals surface area contributed by atoms with Gasteiger partial charge >= 0.3 is 5.97 Å². The molecule has 2 aromatic rings. The Kier molecular flexibility index (Phi) is 9.13. The molecule has 0 N–H and O–H groups in total. The highest BCUT2D eigenvalue weighted by Crippen LogP contribution is 2.26. The average molecular weight is 496 g/mol. The molecule has 1 aliphatic heterocycles. The molecule has 36 heavy (non-hydrogen) atoms. The van der Waals surface area contributed by atoms with Gasteiger partial charge in [0.1, 0.15) is 17.5 Å². The number of benzene rings is 2. The average Bonchev–Trinajstić information content (AvgIpc) is 2.87. The molecule has 7 nitrogen and oxygen atoms in total. The molecule has 0 bridgehead atoms. The van der Waals surface area contributed by atoms with E-state index in [1.165, 1.54) is 4.90 Å². The largest absolute Gasteiger partial charge is 0.496 e. The molecule has 1 amide bonds. The van der Waals surface area contributed by atoms with Crippen LogP contribution >= 0.6 is 0 Å². The van der Waals surface area contributed by atoms with Crippen LogP contribution in [0.4, 0.5) is 0 Å². The number of aryl methyl sites for hydroxylation is 4. The van der Waals surface area contributed by atoms with Gasteiger partial charge in [0, 0.05) is 12.1 Å². The number of nitrogens with zero attached hydrogens (tertiary/aromatic N) is 1. The van der Waals surface area contributed by atoms with E-state index in [4.69, 9.17) is 14.2 Å². The number of amides is 1. The van der Waals surface area contributed by atoms with E-state index in [0.29, 0.717) is 30.7 Å². The molecule has 1 atom stereocenters. The molecule has 7 heteroatoms. The molecule has 0 aliphatic carbocycles. The van der Waals surface area contributed by atoms with Crippen molar-refractivity contribution in [3.63, 3.8) is 0 Å². The molecule has 3 rings (SSSR count). The molecule has 0 saturated carbocycles. The molecule has 0 spiro atoms. The molecule has 2 aromatic carbocycles. The van der Waals surface area contributed by atoms with E-state index in [0.717, 1.165) is 52.8 Å². The molecule has 1 fully saturated rings. The number of Topliss-reactive ketones (excluding diaryl/α,β-unsaturated/α-hetero) is 1. The maximum Gasteiger partial charge on any atom is 0.328 e. The molecule has 0 radical (unpaired) electrons. The number of rotatable bonds is 9. The van der Waals surface area contributed by atoms with E-state index in [1.54, 1.807) is 26.4 Å². The first-order valence-electron chi connectivity index (χ1n) is 12.5. The Morgan fingerprint density at radius 2 is 1.61 bits per heavy atom. The summed E-state index contributed by atoms with van der Waals surface area (Å²) in [7, 11) is 3.23. The number of likely N-dealkylation sites (tertiary alicyclic amines) is 1. The lowest BCUT2D eigenvalue weighted by Gasteiger charge is -2.33. The number of methoxy groups -OCH3 is 2. The highest BCUT2D eigenvalue weighted by molar-refractivity contribution is 6.43. The molecule has 1 aliphatic rings. The molecule has 1 unspecified atom stereocenters. The molecular weight excluding hydrogens is 458 g/mol. The van der Waals surface area contributed by atoms with Crippen LogP contribution in [0, 0.1) is 27.7 Å². The Hall–Kier alpha value is -3.35. The first kappa shape index (κ1) is 27.2. The monoisotopic (exact) mass is 495 g/mol. The predicted molar refractivity (Wildman–Crippen MR) is 138 cm³/mol. The van der Waals surface area contributed by atoms with E-state index in [2.05, 4.69) is 6.07 Å². The summed E-state index contributed by atoms with van der Waals surface area (Å²) < 4.78 is 16.4. The number of carbonyl (C=O) groups is 3. The standard InChI is InChI=1S/C29H37NO6/c1-18-14-22(17-25(34-5)21(18)4)10-9-13-36-29(33)24-11-7-8-12-30(24)28(32)26(31)23-15-19(2)27(35-6)20(3)16-23/h14-17,24H,7-13H2,1-6H3. The highest BCUT2D eigenvalue weighted by Gasteiger charge is 2.36. The summed E-state index contributed by atoms with van der Waals surface area (Å²) in [6.45, 7) is 8.35. The quantitative estimate of drug-likeness (QED) is 0.218. The number of piperidine rings is 1. The van der Waals surface area contributed by atoms with Crippen molar-refractivity contribution in [1.82, 2.24) is 4.90 Å². The summed E-state index contributed by atoms with van der Waals surface area (Å²) in [5.41, 5.74) is 5.26. The van der Waals surface area contributed by atoms with Gasteiger partial charge in [0.15, 0.2) is 0 Å². The Morgan fingerprint density at radius 1 is 0.917 bits per heavy atom. The first-order chi connectivity index (χ1) is 17.2. The van der Waals surface area contributed by atoms with Gasteiger partial charge in [-0.1, -0.05) is 6.07 Å². The summed E-state index contributed by atoms with van der Waals surface area (Å²) in [6.07, 6.45) is 3.44. The van der Waals surface area contributed by atoms with Crippen LogP contribution < -0.4 is 9.47 Å². The maximum atomic E-state index is 13.2. The highest BCUT2D eigenvalue weighted by atomic mass is 16.5.